The molecule has 2 aliphatic heterocycles. The van der Waals surface area contributed by atoms with Gasteiger partial charge in [-0.15, -0.1) is 0 Å². The highest BCUT2D eigenvalue weighted by Crippen LogP contribution is 2.50. The molecule has 0 spiro atoms. The van der Waals surface area contributed by atoms with Crippen molar-refractivity contribution in [1.29, 1.82) is 5.26 Å². The normalized spacial score (nSPS) is 27.0. The SMILES string of the molecule is CC(=O)N1c2ccc(N3CCN[C@@H](C)C3)cc2[C@H](Nc2ccc(C#N)cc2)[C@@H](C)[C@@H]1C1CC1. The molecule has 1 amide bonds. The Morgan fingerprint density at radius 3 is 2.55 bits per heavy atom. The van der Waals surface area contributed by atoms with Crippen LogP contribution in [-0.4, -0.2) is 37.6 Å². The number of hydrogen-bond acceptors (Lipinski definition) is 5. The maximum atomic E-state index is 12.9. The number of hydrogen-bond donors (Lipinski definition) is 2. The largest absolute Gasteiger partial charge is 0.378 e. The van der Waals surface area contributed by atoms with Gasteiger partial charge in [0.1, 0.15) is 0 Å². The molecular formula is C27H33N5O. The molecule has 4 atom stereocenters. The van der Waals surface area contributed by atoms with E-state index < -0.39 is 0 Å². The third-order valence-electron chi connectivity index (χ3n) is 7.48. The summed E-state index contributed by atoms with van der Waals surface area (Å²) in [5.74, 6) is 0.957. The third kappa shape index (κ3) is 4.18. The zero-order valence-electron chi connectivity index (χ0n) is 19.7. The van der Waals surface area contributed by atoms with Gasteiger partial charge in [0.05, 0.1) is 17.7 Å². The van der Waals surface area contributed by atoms with Crippen LogP contribution in [0.4, 0.5) is 17.1 Å². The maximum Gasteiger partial charge on any atom is 0.224 e. The number of carbonyl (C=O) groups excluding carboxylic acids is 1. The van der Waals surface area contributed by atoms with Gasteiger partial charge in [0.2, 0.25) is 5.91 Å². The summed E-state index contributed by atoms with van der Waals surface area (Å²) in [6.07, 6.45) is 2.38. The van der Waals surface area contributed by atoms with Crippen LogP contribution in [0.15, 0.2) is 42.5 Å². The number of nitrogens with one attached hydrogen (secondary N) is 2. The van der Waals surface area contributed by atoms with Gasteiger partial charge in [-0.05, 0) is 68.1 Å². The number of nitriles is 1. The number of rotatable bonds is 4. The zero-order valence-corrected chi connectivity index (χ0v) is 19.7. The summed E-state index contributed by atoms with van der Waals surface area (Å²) in [6, 6.07) is 17.3. The molecule has 2 heterocycles. The van der Waals surface area contributed by atoms with Crippen LogP contribution >= 0.6 is 0 Å². The number of benzene rings is 2. The third-order valence-corrected chi connectivity index (χ3v) is 7.48. The van der Waals surface area contributed by atoms with Gasteiger partial charge >= 0.3 is 0 Å². The second kappa shape index (κ2) is 8.72. The Balaban J connectivity index is 1.56. The summed E-state index contributed by atoms with van der Waals surface area (Å²) in [6.45, 7) is 9.14. The van der Waals surface area contributed by atoms with Crippen molar-refractivity contribution in [3.05, 3.63) is 53.6 Å². The van der Waals surface area contributed by atoms with E-state index in [4.69, 9.17) is 5.26 Å². The smallest absolute Gasteiger partial charge is 0.224 e. The Kier molecular flexibility index (Phi) is 5.76. The minimum absolute atomic E-state index is 0.0921. The standard InChI is InChI=1S/C27H33N5O/c1-17-16-31(13-12-29-17)23-10-11-25-24(14-23)26(30-22-8-4-20(15-28)5-9-22)18(2)27(21-6-7-21)32(25)19(3)33/h4-5,8-11,14,17-18,21,26-27,29-30H,6-7,12-13,16H2,1-3H3/t17-,18+,26+,27+/m0/s1. The van der Waals surface area contributed by atoms with Crippen LogP contribution in [-0.2, 0) is 4.79 Å². The van der Waals surface area contributed by atoms with Crippen LogP contribution in [0.5, 0.6) is 0 Å². The summed E-state index contributed by atoms with van der Waals surface area (Å²) in [4.78, 5) is 17.4. The van der Waals surface area contributed by atoms with Gasteiger partial charge in [0.25, 0.3) is 0 Å². The van der Waals surface area contributed by atoms with Crippen LogP contribution in [0.2, 0.25) is 0 Å². The molecule has 3 aliphatic rings. The van der Waals surface area contributed by atoms with Crippen LogP contribution in [0.1, 0.15) is 50.8 Å². The van der Waals surface area contributed by atoms with E-state index in [1.54, 1.807) is 6.92 Å². The molecule has 2 aromatic carbocycles. The van der Waals surface area contributed by atoms with Crippen molar-refractivity contribution in [3.8, 4) is 6.07 Å². The number of fused-ring (bicyclic) bond motifs is 1. The molecule has 6 heteroatoms. The summed E-state index contributed by atoms with van der Waals surface area (Å²) in [5, 5.41) is 16.5. The Bertz CT molecular complexity index is 1070. The van der Waals surface area contributed by atoms with Crippen molar-refractivity contribution in [2.75, 3.05) is 34.8 Å². The van der Waals surface area contributed by atoms with E-state index in [1.165, 1.54) is 24.1 Å². The average molecular weight is 444 g/mol. The predicted octanol–water partition coefficient (Wildman–Crippen LogP) is 4.29. The minimum Gasteiger partial charge on any atom is -0.378 e. The van der Waals surface area contributed by atoms with Crippen LogP contribution in [0.25, 0.3) is 0 Å². The Morgan fingerprint density at radius 2 is 1.91 bits per heavy atom. The van der Waals surface area contributed by atoms with Gasteiger partial charge in [-0.2, -0.15) is 5.26 Å². The average Bonchev–Trinajstić information content (AvgIpc) is 3.65. The van der Waals surface area contributed by atoms with E-state index in [9.17, 15) is 4.79 Å². The quantitative estimate of drug-likeness (QED) is 0.738. The molecule has 2 fully saturated rings. The van der Waals surface area contributed by atoms with Gasteiger partial charge in [-0.1, -0.05) is 6.92 Å². The summed E-state index contributed by atoms with van der Waals surface area (Å²) >= 11 is 0. The predicted molar refractivity (Wildman–Crippen MR) is 132 cm³/mol. The lowest BCUT2D eigenvalue weighted by Gasteiger charge is -2.46. The number of amides is 1. The molecule has 2 aromatic rings. The molecule has 0 bridgehead atoms. The Labute approximate surface area is 196 Å². The molecule has 33 heavy (non-hydrogen) atoms. The summed E-state index contributed by atoms with van der Waals surface area (Å²) in [5.41, 5.74) is 5.10. The molecule has 1 saturated carbocycles. The van der Waals surface area contributed by atoms with Crippen molar-refractivity contribution < 1.29 is 4.79 Å². The second-order valence-corrected chi connectivity index (χ2v) is 9.93. The van der Waals surface area contributed by atoms with E-state index in [1.807, 2.05) is 24.3 Å². The van der Waals surface area contributed by atoms with Crippen molar-refractivity contribution in [1.82, 2.24) is 5.32 Å². The van der Waals surface area contributed by atoms with Gasteiger partial charge in [0, 0.05) is 67.2 Å². The molecule has 2 N–H and O–H groups in total. The molecule has 1 saturated heterocycles. The lowest BCUT2D eigenvalue weighted by molar-refractivity contribution is -0.117. The molecule has 6 nitrogen and oxygen atoms in total. The van der Waals surface area contributed by atoms with E-state index in [0.29, 0.717) is 17.5 Å². The van der Waals surface area contributed by atoms with Gasteiger partial charge < -0.3 is 20.4 Å². The molecule has 0 unspecified atom stereocenters. The fourth-order valence-corrected chi connectivity index (χ4v) is 5.74. The molecule has 172 valence electrons. The Hall–Kier alpha value is -3.04. The molecule has 1 aliphatic carbocycles. The molecular weight excluding hydrogens is 410 g/mol. The van der Waals surface area contributed by atoms with Crippen LogP contribution < -0.4 is 20.4 Å². The minimum atomic E-state index is 0.0921. The fraction of sp³-hybridized carbons (Fsp3) is 0.481. The Morgan fingerprint density at radius 1 is 1.15 bits per heavy atom. The first-order chi connectivity index (χ1) is 16.0. The lowest BCUT2D eigenvalue weighted by atomic mass is 9.79. The van der Waals surface area contributed by atoms with Crippen molar-refractivity contribution in [2.24, 2.45) is 11.8 Å². The van der Waals surface area contributed by atoms with Crippen LogP contribution in [0, 0.1) is 23.2 Å². The van der Waals surface area contributed by atoms with Gasteiger partial charge in [-0.3, -0.25) is 4.79 Å². The highest BCUT2D eigenvalue weighted by Gasteiger charge is 2.47. The van der Waals surface area contributed by atoms with Gasteiger partial charge in [-0.25, -0.2) is 0 Å². The number of carbonyl (C=O) groups is 1. The highest BCUT2D eigenvalue weighted by atomic mass is 16.2. The number of nitrogens with zero attached hydrogens (tertiary/aromatic N) is 3. The topological polar surface area (TPSA) is 71.4 Å². The lowest BCUT2D eigenvalue weighted by Crippen LogP contribution is -2.51. The number of anilines is 3. The van der Waals surface area contributed by atoms with Crippen molar-refractivity contribution in [2.45, 2.75) is 51.7 Å². The monoisotopic (exact) mass is 443 g/mol. The summed E-state index contributed by atoms with van der Waals surface area (Å²) < 4.78 is 0. The first-order valence-electron chi connectivity index (χ1n) is 12.1. The fourth-order valence-electron chi connectivity index (χ4n) is 5.74. The zero-order chi connectivity index (χ0) is 23.1. The first-order valence-corrected chi connectivity index (χ1v) is 12.1. The van der Waals surface area contributed by atoms with E-state index in [0.717, 1.165) is 31.0 Å². The van der Waals surface area contributed by atoms with Crippen LogP contribution in [0.3, 0.4) is 0 Å². The first kappa shape index (κ1) is 21.8. The van der Waals surface area contributed by atoms with Crippen molar-refractivity contribution >= 4 is 23.0 Å². The van der Waals surface area contributed by atoms with E-state index in [2.05, 4.69) is 58.5 Å². The van der Waals surface area contributed by atoms with Crippen molar-refractivity contribution in [3.63, 3.8) is 0 Å². The summed E-state index contributed by atoms with van der Waals surface area (Å²) in [7, 11) is 0. The van der Waals surface area contributed by atoms with E-state index in [-0.39, 0.29) is 23.9 Å². The number of piperazine rings is 1. The van der Waals surface area contributed by atoms with Gasteiger partial charge in [0.15, 0.2) is 0 Å². The molecule has 5 rings (SSSR count). The van der Waals surface area contributed by atoms with E-state index >= 15 is 0 Å². The second-order valence-electron chi connectivity index (χ2n) is 9.93. The molecule has 0 radical (unpaired) electrons. The molecule has 0 aromatic heterocycles. The maximum absolute atomic E-state index is 12.9. The highest BCUT2D eigenvalue weighted by molar-refractivity contribution is 5.94.